The second-order valence-electron chi connectivity index (χ2n) is 9.73. The van der Waals surface area contributed by atoms with Crippen molar-refractivity contribution >= 4 is 51.9 Å². The number of aromatic nitrogens is 1. The fourth-order valence-electron chi connectivity index (χ4n) is 4.89. The number of carbonyl (C=O) groups excluding carboxylic acids is 1. The van der Waals surface area contributed by atoms with Crippen LogP contribution in [-0.4, -0.2) is 17.6 Å². The standard InChI is InChI=1S/C33H26ClN3O4S2/c1-20-28(31(38)36-23-12-7-4-8-13-23)29(26-14-9-15-42-26)37-32(39)27(43-33(37)35-20)18-22-16-24(34)30(25(17-22)40-2)41-19-21-10-5-3-6-11-21/h3-18,29H,19H2,1-2H3,(H,36,38)/b27-18+/t29-/m1/s1. The molecule has 3 aromatic carbocycles. The van der Waals surface area contributed by atoms with E-state index in [1.165, 1.54) is 22.7 Å². The van der Waals surface area contributed by atoms with E-state index in [0.717, 1.165) is 10.4 Å². The number of hydrogen-bond donors (Lipinski definition) is 1. The number of ether oxygens (including phenoxy) is 2. The summed E-state index contributed by atoms with van der Waals surface area (Å²) in [7, 11) is 1.55. The largest absolute Gasteiger partial charge is 0.493 e. The minimum Gasteiger partial charge on any atom is -0.493 e. The Labute approximate surface area is 260 Å². The Kier molecular flexibility index (Phi) is 8.29. The number of methoxy groups -OCH3 is 1. The molecule has 5 aromatic rings. The number of fused-ring (bicyclic) bond motifs is 1. The van der Waals surface area contributed by atoms with Crippen LogP contribution in [0.2, 0.25) is 5.02 Å². The van der Waals surface area contributed by atoms with Crippen LogP contribution in [0.5, 0.6) is 11.5 Å². The molecule has 1 aliphatic rings. The van der Waals surface area contributed by atoms with Gasteiger partial charge in [0.05, 0.1) is 27.9 Å². The fraction of sp³-hybridized carbons (Fsp3) is 0.121. The van der Waals surface area contributed by atoms with Crippen LogP contribution in [0.3, 0.4) is 0 Å². The van der Waals surface area contributed by atoms with Gasteiger partial charge < -0.3 is 14.8 Å². The molecule has 0 saturated heterocycles. The van der Waals surface area contributed by atoms with Crippen molar-refractivity contribution in [3.05, 3.63) is 142 Å². The van der Waals surface area contributed by atoms with Gasteiger partial charge >= 0.3 is 0 Å². The molecule has 6 rings (SSSR count). The van der Waals surface area contributed by atoms with Gasteiger partial charge in [-0.3, -0.25) is 14.2 Å². The zero-order valence-electron chi connectivity index (χ0n) is 23.2. The number of thiazole rings is 1. The van der Waals surface area contributed by atoms with Crippen molar-refractivity contribution in [2.75, 3.05) is 12.4 Å². The van der Waals surface area contributed by atoms with Gasteiger partial charge in [0.15, 0.2) is 16.3 Å². The van der Waals surface area contributed by atoms with Crippen molar-refractivity contribution in [1.82, 2.24) is 4.57 Å². The smallest absolute Gasteiger partial charge is 0.271 e. The minimum atomic E-state index is -0.617. The first-order chi connectivity index (χ1) is 20.9. The van der Waals surface area contributed by atoms with Crippen molar-refractivity contribution < 1.29 is 14.3 Å². The lowest BCUT2D eigenvalue weighted by atomic mass is 10.0. The first kappa shape index (κ1) is 28.7. The monoisotopic (exact) mass is 627 g/mol. The Hall–Kier alpha value is -4.44. The highest BCUT2D eigenvalue weighted by Crippen LogP contribution is 2.37. The van der Waals surface area contributed by atoms with E-state index in [9.17, 15) is 9.59 Å². The van der Waals surface area contributed by atoms with E-state index < -0.39 is 6.04 Å². The van der Waals surface area contributed by atoms with Crippen molar-refractivity contribution in [3.63, 3.8) is 0 Å². The van der Waals surface area contributed by atoms with Crippen LogP contribution in [0.15, 0.2) is 111 Å². The highest BCUT2D eigenvalue weighted by molar-refractivity contribution is 7.10. The molecule has 0 aliphatic carbocycles. The molecule has 1 aliphatic heterocycles. The van der Waals surface area contributed by atoms with Gasteiger partial charge in [0, 0.05) is 10.6 Å². The lowest BCUT2D eigenvalue weighted by Gasteiger charge is -2.24. The second kappa shape index (κ2) is 12.4. The molecular weight excluding hydrogens is 602 g/mol. The van der Waals surface area contributed by atoms with Crippen LogP contribution in [0.1, 0.15) is 29.0 Å². The number of thiophene rings is 1. The summed E-state index contributed by atoms with van der Waals surface area (Å²) >= 11 is 9.39. The van der Waals surface area contributed by atoms with Gasteiger partial charge in [-0.25, -0.2) is 4.99 Å². The van der Waals surface area contributed by atoms with E-state index in [-0.39, 0.29) is 11.5 Å². The molecule has 1 atom stereocenters. The average molecular weight is 628 g/mol. The molecular formula is C33H26ClN3O4S2. The Morgan fingerprint density at radius 2 is 1.81 bits per heavy atom. The van der Waals surface area contributed by atoms with Crippen LogP contribution in [-0.2, 0) is 11.4 Å². The summed E-state index contributed by atoms with van der Waals surface area (Å²) in [4.78, 5) is 33.7. The second-order valence-corrected chi connectivity index (χ2v) is 12.1. The topological polar surface area (TPSA) is 81.9 Å². The van der Waals surface area contributed by atoms with Gasteiger partial charge in [-0.15, -0.1) is 11.3 Å². The number of amides is 1. The Balaban J connectivity index is 1.38. The summed E-state index contributed by atoms with van der Waals surface area (Å²) in [5.41, 5.74) is 3.07. The predicted molar refractivity (Wildman–Crippen MR) is 172 cm³/mol. The van der Waals surface area contributed by atoms with E-state index in [0.29, 0.717) is 55.0 Å². The fourth-order valence-corrected chi connectivity index (χ4v) is 7.04. The summed E-state index contributed by atoms with van der Waals surface area (Å²) < 4.78 is 13.6. The number of benzene rings is 3. The van der Waals surface area contributed by atoms with E-state index in [1.807, 2.05) is 78.2 Å². The van der Waals surface area contributed by atoms with Gasteiger partial charge in [-0.05, 0) is 59.8 Å². The van der Waals surface area contributed by atoms with Crippen LogP contribution < -0.4 is 29.7 Å². The first-order valence-corrected chi connectivity index (χ1v) is 15.5. The maximum atomic E-state index is 14.0. The van der Waals surface area contributed by atoms with Gasteiger partial charge in [0.2, 0.25) is 0 Å². The molecule has 3 heterocycles. The zero-order valence-corrected chi connectivity index (χ0v) is 25.6. The molecule has 0 unspecified atom stereocenters. The number of rotatable bonds is 8. The van der Waals surface area contributed by atoms with Gasteiger partial charge in [0.1, 0.15) is 12.6 Å². The number of allylic oxidation sites excluding steroid dienone is 1. The van der Waals surface area contributed by atoms with Gasteiger partial charge in [-0.1, -0.05) is 77.5 Å². The molecule has 2 aromatic heterocycles. The Bertz CT molecular complexity index is 2000. The number of nitrogens with one attached hydrogen (secondary N) is 1. The maximum absolute atomic E-state index is 14.0. The molecule has 0 saturated carbocycles. The van der Waals surface area contributed by atoms with Crippen LogP contribution in [0.4, 0.5) is 5.69 Å². The summed E-state index contributed by atoms with van der Waals surface area (Å²) in [5, 5.41) is 5.26. The quantitative estimate of drug-likeness (QED) is 0.223. The molecule has 216 valence electrons. The third-order valence-electron chi connectivity index (χ3n) is 6.89. The molecule has 7 nitrogen and oxygen atoms in total. The number of carbonyl (C=O) groups is 1. The van der Waals surface area contributed by atoms with Crippen LogP contribution in [0, 0.1) is 0 Å². The van der Waals surface area contributed by atoms with Crippen molar-refractivity contribution in [2.24, 2.45) is 4.99 Å². The highest BCUT2D eigenvalue weighted by atomic mass is 35.5. The van der Waals surface area contributed by atoms with Crippen molar-refractivity contribution in [3.8, 4) is 11.5 Å². The SMILES string of the molecule is COc1cc(/C=c2/sc3n(c2=O)[C@H](c2cccs2)C(C(=O)Nc2ccccc2)=C(C)N=3)cc(Cl)c1OCc1ccccc1. The number of anilines is 1. The lowest BCUT2D eigenvalue weighted by molar-refractivity contribution is -0.113. The predicted octanol–water partition coefficient (Wildman–Crippen LogP) is 6.18. The van der Waals surface area contributed by atoms with Crippen molar-refractivity contribution in [1.29, 1.82) is 0 Å². The van der Waals surface area contributed by atoms with Crippen LogP contribution in [0.25, 0.3) is 6.08 Å². The lowest BCUT2D eigenvalue weighted by Crippen LogP contribution is -2.40. The van der Waals surface area contributed by atoms with E-state index >= 15 is 0 Å². The zero-order chi connectivity index (χ0) is 29.9. The number of para-hydroxylation sites is 1. The molecule has 1 amide bonds. The molecule has 1 N–H and O–H groups in total. The van der Waals surface area contributed by atoms with Crippen LogP contribution >= 0.6 is 34.3 Å². The number of nitrogens with zero attached hydrogens (tertiary/aromatic N) is 2. The van der Waals surface area contributed by atoms with Gasteiger partial charge in [-0.2, -0.15) is 0 Å². The molecule has 0 radical (unpaired) electrons. The van der Waals surface area contributed by atoms with E-state index in [1.54, 1.807) is 36.8 Å². The minimum absolute atomic E-state index is 0.251. The van der Waals surface area contributed by atoms with E-state index in [2.05, 4.69) is 5.32 Å². The van der Waals surface area contributed by atoms with E-state index in [4.69, 9.17) is 26.1 Å². The average Bonchev–Trinajstić information content (AvgIpc) is 3.65. The first-order valence-electron chi connectivity index (χ1n) is 13.4. The summed E-state index contributed by atoms with van der Waals surface area (Å²) in [6.07, 6.45) is 1.76. The molecule has 43 heavy (non-hydrogen) atoms. The Morgan fingerprint density at radius 1 is 1.07 bits per heavy atom. The molecule has 0 spiro atoms. The normalized spacial score (nSPS) is 14.7. The van der Waals surface area contributed by atoms with Crippen molar-refractivity contribution in [2.45, 2.75) is 19.6 Å². The molecule has 0 fully saturated rings. The molecule has 0 bridgehead atoms. The third-order valence-corrected chi connectivity index (χ3v) is 9.07. The summed E-state index contributed by atoms with van der Waals surface area (Å²) in [6.45, 7) is 2.13. The van der Waals surface area contributed by atoms with Gasteiger partial charge in [0.25, 0.3) is 11.5 Å². The highest BCUT2D eigenvalue weighted by Gasteiger charge is 2.33. The number of hydrogen-bond acceptors (Lipinski definition) is 7. The third kappa shape index (κ3) is 5.92. The summed E-state index contributed by atoms with van der Waals surface area (Å²) in [5.74, 6) is 0.575. The molecule has 10 heteroatoms. The Morgan fingerprint density at radius 3 is 2.51 bits per heavy atom. The number of halogens is 1. The maximum Gasteiger partial charge on any atom is 0.271 e. The summed E-state index contributed by atoms with van der Waals surface area (Å²) in [6, 6.07) is 25.7.